The van der Waals surface area contributed by atoms with Crippen LogP contribution in [-0.4, -0.2) is 49.3 Å². The highest BCUT2D eigenvalue weighted by Crippen LogP contribution is 2.31. The van der Waals surface area contributed by atoms with Crippen molar-refractivity contribution in [3.8, 4) is 0 Å². The quantitative estimate of drug-likeness (QED) is 0.758. The second-order valence-electron chi connectivity index (χ2n) is 6.88. The Kier molecular flexibility index (Phi) is 6.31. The van der Waals surface area contributed by atoms with E-state index in [9.17, 15) is 0 Å². The minimum absolute atomic E-state index is 0.308. The zero-order chi connectivity index (χ0) is 14.4. The first-order valence-corrected chi connectivity index (χ1v) is 8.76. The fourth-order valence-electron chi connectivity index (χ4n) is 3.87. The Hall–Kier alpha value is -0.120. The third-order valence-corrected chi connectivity index (χ3v) is 5.62. The van der Waals surface area contributed by atoms with Crippen molar-refractivity contribution in [2.45, 2.75) is 70.9 Å². The van der Waals surface area contributed by atoms with Gasteiger partial charge in [-0.15, -0.1) is 0 Å². The molecule has 1 saturated heterocycles. The second-order valence-corrected chi connectivity index (χ2v) is 6.88. The first-order chi connectivity index (χ1) is 9.69. The Morgan fingerprint density at radius 2 is 1.95 bits per heavy atom. The van der Waals surface area contributed by atoms with Crippen LogP contribution in [0.4, 0.5) is 0 Å². The van der Waals surface area contributed by atoms with Crippen LogP contribution in [0.2, 0.25) is 0 Å². The van der Waals surface area contributed by atoms with E-state index in [1.165, 1.54) is 45.1 Å². The number of nitrogens with one attached hydrogen (secondary N) is 1. The van der Waals surface area contributed by atoms with Crippen LogP contribution in [0, 0.1) is 5.92 Å². The zero-order valence-electron chi connectivity index (χ0n) is 13.8. The van der Waals surface area contributed by atoms with Gasteiger partial charge in [0.2, 0.25) is 0 Å². The van der Waals surface area contributed by atoms with Gasteiger partial charge in [-0.1, -0.05) is 26.2 Å². The molecule has 1 saturated carbocycles. The van der Waals surface area contributed by atoms with Crippen LogP contribution in [0.1, 0.15) is 59.3 Å². The largest absolute Gasteiger partial charge is 0.380 e. The Morgan fingerprint density at radius 1 is 1.20 bits per heavy atom. The van der Waals surface area contributed by atoms with Gasteiger partial charge in [-0.3, -0.25) is 4.90 Å². The highest BCUT2D eigenvalue weighted by Gasteiger charge is 2.38. The average molecular weight is 282 g/mol. The van der Waals surface area contributed by atoms with E-state index < -0.39 is 0 Å². The number of ether oxygens (including phenoxy) is 1. The van der Waals surface area contributed by atoms with Crippen LogP contribution in [0.25, 0.3) is 0 Å². The summed E-state index contributed by atoms with van der Waals surface area (Å²) in [5.74, 6) is 0.903. The van der Waals surface area contributed by atoms with E-state index in [4.69, 9.17) is 4.74 Å². The summed E-state index contributed by atoms with van der Waals surface area (Å²) in [7, 11) is 0. The molecule has 2 atom stereocenters. The average Bonchev–Trinajstić information content (AvgIpc) is 2.50. The molecule has 3 heteroatoms. The number of hydrogen-bond acceptors (Lipinski definition) is 3. The third-order valence-electron chi connectivity index (χ3n) is 5.62. The molecule has 0 spiro atoms. The Morgan fingerprint density at radius 3 is 2.60 bits per heavy atom. The van der Waals surface area contributed by atoms with Gasteiger partial charge < -0.3 is 10.1 Å². The lowest BCUT2D eigenvalue weighted by Gasteiger charge is -2.50. The molecule has 2 aliphatic rings. The second kappa shape index (κ2) is 7.77. The predicted octanol–water partition coefficient (Wildman–Crippen LogP) is 3.05. The fourth-order valence-corrected chi connectivity index (χ4v) is 3.87. The Balaban J connectivity index is 1.92. The van der Waals surface area contributed by atoms with Crippen molar-refractivity contribution in [2.75, 3.05) is 32.8 Å². The SMILES string of the molecule is CCOCCN1CC(C2CCCCC2)NCC1(C)CC. The van der Waals surface area contributed by atoms with Gasteiger partial charge in [0, 0.05) is 37.8 Å². The number of hydrogen-bond donors (Lipinski definition) is 1. The molecule has 0 amide bonds. The smallest absolute Gasteiger partial charge is 0.0593 e. The van der Waals surface area contributed by atoms with Crippen LogP contribution >= 0.6 is 0 Å². The molecule has 0 aromatic carbocycles. The van der Waals surface area contributed by atoms with Gasteiger partial charge >= 0.3 is 0 Å². The maximum Gasteiger partial charge on any atom is 0.0593 e. The van der Waals surface area contributed by atoms with Crippen molar-refractivity contribution < 1.29 is 4.74 Å². The van der Waals surface area contributed by atoms with Crippen LogP contribution in [0.3, 0.4) is 0 Å². The summed E-state index contributed by atoms with van der Waals surface area (Å²) in [6.07, 6.45) is 8.40. The van der Waals surface area contributed by atoms with Crippen molar-refractivity contribution in [1.29, 1.82) is 0 Å². The highest BCUT2D eigenvalue weighted by atomic mass is 16.5. The predicted molar refractivity (Wildman–Crippen MR) is 85.1 cm³/mol. The molecular formula is C17H34N2O. The van der Waals surface area contributed by atoms with Gasteiger partial charge in [-0.05, 0) is 39.0 Å². The van der Waals surface area contributed by atoms with Crippen LogP contribution in [0.15, 0.2) is 0 Å². The topological polar surface area (TPSA) is 24.5 Å². The lowest BCUT2D eigenvalue weighted by atomic mass is 9.81. The van der Waals surface area contributed by atoms with Crippen LogP contribution < -0.4 is 5.32 Å². The summed E-state index contributed by atoms with van der Waals surface area (Å²) in [5, 5.41) is 3.87. The fraction of sp³-hybridized carbons (Fsp3) is 1.00. The van der Waals surface area contributed by atoms with E-state index >= 15 is 0 Å². The van der Waals surface area contributed by atoms with Gasteiger partial charge in [-0.2, -0.15) is 0 Å². The third kappa shape index (κ3) is 3.96. The molecule has 2 rings (SSSR count). The molecule has 2 fully saturated rings. The number of nitrogens with zero attached hydrogens (tertiary/aromatic N) is 1. The van der Waals surface area contributed by atoms with E-state index in [0.717, 1.165) is 32.2 Å². The Labute approximate surface area is 125 Å². The standard InChI is InChI=1S/C17H34N2O/c1-4-17(3)14-18-16(15-9-7-6-8-10-15)13-19(17)11-12-20-5-2/h15-16,18H,4-14H2,1-3H3. The van der Waals surface area contributed by atoms with Crippen molar-refractivity contribution in [2.24, 2.45) is 5.92 Å². The van der Waals surface area contributed by atoms with Gasteiger partial charge in [0.15, 0.2) is 0 Å². The van der Waals surface area contributed by atoms with Crippen LogP contribution in [0.5, 0.6) is 0 Å². The van der Waals surface area contributed by atoms with E-state index in [1.54, 1.807) is 0 Å². The van der Waals surface area contributed by atoms with Crippen molar-refractivity contribution in [1.82, 2.24) is 10.2 Å². The molecule has 3 nitrogen and oxygen atoms in total. The first-order valence-electron chi connectivity index (χ1n) is 8.76. The summed E-state index contributed by atoms with van der Waals surface area (Å²) < 4.78 is 5.59. The minimum atomic E-state index is 0.308. The van der Waals surface area contributed by atoms with Crippen molar-refractivity contribution in [3.05, 3.63) is 0 Å². The first kappa shape index (κ1) is 16.3. The maximum atomic E-state index is 5.59. The van der Waals surface area contributed by atoms with E-state index in [-0.39, 0.29) is 0 Å². The molecule has 2 unspecified atom stereocenters. The van der Waals surface area contributed by atoms with Crippen molar-refractivity contribution >= 4 is 0 Å². The molecule has 0 aromatic rings. The normalized spacial score (nSPS) is 33.5. The molecular weight excluding hydrogens is 248 g/mol. The molecule has 0 radical (unpaired) electrons. The monoisotopic (exact) mass is 282 g/mol. The molecule has 0 bridgehead atoms. The molecule has 118 valence electrons. The van der Waals surface area contributed by atoms with Crippen LogP contribution in [-0.2, 0) is 4.74 Å². The van der Waals surface area contributed by atoms with Crippen molar-refractivity contribution in [3.63, 3.8) is 0 Å². The summed E-state index contributed by atoms with van der Waals surface area (Å²) in [4.78, 5) is 2.69. The van der Waals surface area contributed by atoms with E-state index in [0.29, 0.717) is 11.6 Å². The van der Waals surface area contributed by atoms with E-state index in [1.807, 2.05) is 0 Å². The summed E-state index contributed by atoms with van der Waals surface area (Å²) in [5.41, 5.74) is 0.308. The zero-order valence-corrected chi connectivity index (χ0v) is 13.8. The maximum absolute atomic E-state index is 5.59. The molecule has 0 aromatic heterocycles. The lowest BCUT2D eigenvalue weighted by molar-refractivity contribution is 0.00612. The highest BCUT2D eigenvalue weighted by molar-refractivity contribution is 4.97. The number of rotatable bonds is 6. The molecule has 20 heavy (non-hydrogen) atoms. The summed E-state index contributed by atoms with van der Waals surface area (Å²) >= 11 is 0. The number of piperazine rings is 1. The summed E-state index contributed by atoms with van der Waals surface area (Å²) in [6.45, 7) is 12.0. The molecule has 1 aliphatic heterocycles. The van der Waals surface area contributed by atoms with Gasteiger partial charge in [0.05, 0.1) is 6.61 Å². The molecule has 1 aliphatic carbocycles. The molecule has 1 heterocycles. The molecule has 1 N–H and O–H groups in total. The minimum Gasteiger partial charge on any atom is -0.380 e. The Bertz CT molecular complexity index is 278. The van der Waals surface area contributed by atoms with Gasteiger partial charge in [-0.25, -0.2) is 0 Å². The van der Waals surface area contributed by atoms with E-state index in [2.05, 4.69) is 31.0 Å². The van der Waals surface area contributed by atoms with Gasteiger partial charge in [0.1, 0.15) is 0 Å². The lowest BCUT2D eigenvalue weighted by Crippen LogP contribution is -2.65. The van der Waals surface area contributed by atoms with Gasteiger partial charge in [0.25, 0.3) is 0 Å². The summed E-state index contributed by atoms with van der Waals surface area (Å²) in [6, 6.07) is 0.705.